The molecule has 2 aromatic heterocycles. The molecule has 8 heteroatoms. The summed E-state index contributed by atoms with van der Waals surface area (Å²) in [5.41, 5.74) is 3.23. The Bertz CT molecular complexity index is 1430. The Labute approximate surface area is 203 Å². The number of benzene rings is 2. The van der Waals surface area contributed by atoms with Gasteiger partial charge in [0.1, 0.15) is 11.4 Å². The number of pyridine rings is 1. The van der Waals surface area contributed by atoms with Gasteiger partial charge in [0.25, 0.3) is 0 Å². The van der Waals surface area contributed by atoms with Crippen LogP contribution >= 0.6 is 0 Å². The van der Waals surface area contributed by atoms with E-state index in [0.29, 0.717) is 30.7 Å². The summed E-state index contributed by atoms with van der Waals surface area (Å²) < 4.78 is 8.88. The molecule has 1 fully saturated rings. The highest BCUT2D eigenvalue weighted by atomic mass is 16.6. The molecule has 1 amide bonds. The van der Waals surface area contributed by atoms with Crippen molar-refractivity contribution in [2.45, 2.75) is 38.8 Å². The molecule has 2 aromatic carbocycles. The molecule has 0 spiro atoms. The topological polar surface area (TPSA) is 89.6 Å². The van der Waals surface area contributed by atoms with Crippen LogP contribution in [0.4, 0.5) is 4.79 Å². The summed E-state index contributed by atoms with van der Waals surface area (Å²) >= 11 is 0. The molecule has 8 nitrogen and oxygen atoms in total. The van der Waals surface area contributed by atoms with Crippen LogP contribution in [0.1, 0.15) is 33.2 Å². The molecule has 1 aliphatic rings. The summed E-state index contributed by atoms with van der Waals surface area (Å²) in [5, 5.41) is 9.54. The minimum absolute atomic E-state index is 0.188. The molecule has 0 aliphatic carbocycles. The van der Waals surface area contributed by atoms with Crippen molar-refractivity contribution in [2.24, 2.45) is 0 Å². The van der Waals surface area contributed by atoms with Gasteiger partial charge in [-0.3, -0.25) is 9.13 Å². The fourth-order valence-corrected chi connectivity index (χ4v) is 4.53. The van der Waals surface area contributed by atoms with Crippen LogP contribution < -0.4 is 5.69 Å². The SMILES string of the molecule is CC(C)(C)OC(=O)N1CC[C@H](n2c(=O)n(-c3ccc(-c4ccc(O)cc4)cc3)c3cccnc32)C1. The van der Waals surface area contributed by atoms with Gasteiger partial charge in [-0.2, -0.15) is 0 Å². The number of ether oxygens (including phenoxy) is 1. The van der Waals surface area contributed by atoms with Crippen LogP contribution in [0.15, 0.2) is 71.7 Å². The van der Waals surface area contributed by atoms with Gasteiger partial charge in [0.15, 0.2) is 5.65 Å². The molecule has 0 unspecified atom stereocenters. The van der Waals surface area contributed by atoms with Gasteiger partial charge in [0.2, 0.25) is 0 Å². The van der Waals surface area contributed by atoms with Crippen LogP contribution in [0.5, 0.6) is 5.75 Å². The van der Waals surface area contributed by atoms with Crippen LogP contribution in [0.3, 0.4) is 0 Å². The van der Waals surface area contributed by atoms with Gasteiger partial charge in [-0.15, -0.1) is 0 Å². The maximum atomic E-state index is 13.7. The highest BCUT2D eigenvalue weighted by Gasteiger charge is 2.33. The zero-order chi connectivity index (χ0) is 24.7. The molecule has 1 saturated heterocycles. The monoisotopic (exact) mass is 472 g/mol. The van der Waals surface area contributed by atoms with E-state index in [-0.39, 0.29) is 23.6 Å². The number of carbonyl (C=O) groups is 1. The lowest BCUT2D eigenvalue weighted by Crippen LogP contribution is -2.36. The summed E-state index contributed by atoms with van der Waals surface area (Å²) in [6, 6.07) is 18.2. The first-order valence-corrected chi connectivity index (χ1v) is 11.7. The second-order valence-corrected chi connectivity index (χ2v) is 9.80. The van der Waals surface area contributed by atoms with Gasteiger partial charge in [-0.25, -0.2) is 14.6 Å². The van der Waals surface area contributed by atoms with Gasteiger partial charge in [-0.05, 0) is 74.7 Å². The number of imidazole rings is 1. The number of fused-ring (bicyclic) bond motifs is 1. The van der Waals surface area contributed by atoms with E-state index in [0.717, 1.165) is 16.8 Å². The summed E-state index contributed by atoms with van der Waals surface area (Å²) in [6.07, 6.45) is 1.96. The lowest BCUT2D eigenvalue weighted by molar-refractivity contribution is 0.0289. The van der Waals surface area contributed by atoms with Crippen LogP contribution in [-0.4, -0.2) is 48.9 Å². The number of phenols is 1. The summed E-state index contributed by atoms with van der Waals surface area (Å²) in [6.45, 7) is 6.44. The van der Waals surface area contributed by atoms with E-state index in [1.54, 1.807) is 32.4 Å². The Morgan fingerprint density at radius 2 is 1.69 bits per heavy atom. The molecule has 0 saturated carbocycles. The largest absolute Gasteiger partial charge is 0.508 e. The van der Waals surface area contributed by atoms with Crippen LogP contribution in [0.25, 0.3) is 28.0 Å². The summed E-state index contributed by atoms with van der Waals surface area (Å²) in [7, 11) is 0. The third-order valence-electron chi connectivity index (χ3n) is 6.14. The Balaban J connectivity index is 1.49. The average Bonchev–Trinajstić information content (AvgIpc) is 3.41. The molecular weight excluding hydrogens is 444 g/mol. The maximum absolute atomic E-state index is 13.7. The predicted molar refractivity (Wildman–Crippen MR) is 134 cm³/mol. The number of hydrogen-bond donors (Lipinski definition) is 1. The number of nitrogens with zero attached hydrogens (tertiary/aromatic N) is 4. The van der Waals surface area contributed by atoms with Crippen molar-refractivity contribution in [3.63, 3.8) is 0 Å². The molecular formula is C27H28N4O4. The fraction of sp³-hybridized carbons (Fsp3) is 0.296. The summed E-state index contributed by atoms with van der Waals surface area (Å²) in [4.78, 5) is 32.4. The smallest absolute Gasteiger partial charge is 0.410 e. The van der Waals surface area contributed by atoms with Gasteiger partial charge in [-0.1, -0.05) is 24.3 Å². The lowest BCUT2D eigenvalue weighted by atomic mass is 10.1. The Morgan fingerprint density at radius 1 is 1.03 bits per heavy atom. The van der Waals surface area contributed by atoms with Crippen molar-refractivity contribution in [1.82, 2.24) is 19.0 Å². The standard InChI is InChI=1S/C27H28N4O4/c1-27(2,3)35-26(34)29-16-14-21(17-29)31-24-23(5-4-15-28-24)30(25(31)33)20-10-6-18(7-11-20)19-8-12-22(32)13-9-19/h4-13,15,21,32H,14,16-17H2,1-3H3/t21-/m0/s1. The highest BCUT2D eigenvalue weighted by molar-refractivity contribution is 5.75. The van der Waals surface area contributed by atoms with E-state index in [1.807, 2.05) is 69.3 Å². The number of carbonyl (C=O) groups excluding carboxylic acids is 1. The Hall–Kier alpha value is -4.07. The Morgan fingerprint density at radius 3 is 2.34 bits per heavy atom. The first kappa shape index (κ1) is 22.7. The molecule has 180 valence electrons. The minimum Gasteiger partial charge on any atom is -0.508 e. The number of aromatic nitrogens is 3. The zero-order valence-electron chi connectivity index (χ0n) is 20.0. The predicted octanol–water partition coefficient (Wildman–Crippen LogP) is 4.74. The van der Waals surface area contributed by atoms with Crippen LogP contribution in [-0.2, 0) is 4.74 Å². The third-order valence-corrected chi connectivity index (χ3v) is 6.14. The average molecular weight is 473 g/mol. The minimum atomic E-state index is -0.574. The van der Waals surface area contributed by atoms with Crippen molar-refractivity contribution in [2.75, 3.05) is 13.1 Å². The van der Waals surface area contributed by atoms with Gasteiger partial charge in [0.05, 0.1) is 17.2 Å². The van der Waals surface area contributed by atoms with E-state index in [9.17, 15) is 14.7 Å². The second kappa shape index (κ2) is 8.61. The second-order valence-electron chi connectivity index (χ2n) is 9.80. The summed E-state index contributed by atoms with van der Waals surface area (Å²) in [5.74, 6) is 0.217. The van der Waals surface area contributed by atoms with Crippen LogP contribution in [0.2, 0.25) is 0 Å². The van der Waals surface area contributed by atoms with E-state index < -0.39 is 5.60 Å². The van der Waals surface area contributed by atoms with Crippen molar-refractivity contribution in [3.8, 4) is 22.6 Å². The normalized spacial score (nSPS) is 16.1. The molecule has 1 N–H and O–H groups in total. The van der Waals surface area contributed by atoms with E-state index in [4.69, 9.17) is 4.74 Å². The first-order valence-electron chi connectivity index (χ1n) is 11.7. The van der Waals surface area contributed by atoms with Crippen molar-refractivity contribution >= 4 is 17.3 Å². The number of amides is 1. The quantitative estimate of drug-likeness (QED) is 0.465. The van der Waals surface area contributed by atoms with Gasteiger partial charge >= 0.3 is 11.8 Å². The zero-order valence-corrected chi connectivity index (χ0v) is 20.0. The molecule has 1 atom stereocenters. The molecule has 3 heterocycles. The van der Waals surface area contributed by atoms with Gasteiger partial charge in [0, 0.05) is 19.3 Å². The molecule has 35 heavy (non-hydrogen) atoms. The molecule has 0 radical (unpaired) electrons. The number of rotatable bonds is 3. The lowest BCUT2D eigenvalue weighted by Gasteiger charge is -2.24. The molecule has 5 rings (SSSR count). The molecule has 1 aliphatic heterocycles. The number of hydrogen-bond acceptors (Lipinski definition) is 5. The van der Waals surface area contributed by atoms with Crippen LogP contribution in [0, 0.1) is 0 Å². The van der Waals surface area contributed by atoms with E-state index >= 15 is 0 Å². The number of phenolic OH excluding ortho intramolecular Hbond substituents is 1. The van der Waals surface area contributed by atoms with Gasteiger partial charge < -0.3 is 14.7 Å². The maximum Gasteiger partial charge on any atom is 0.410 e. The number of likely N-dealkylation sites (tertiary alicyclic amines) is 1. The molecule has 4 aromatic rings. The van der Waals surface area contributed by atoms with Crippen molar-refractivity contribution in [1.29, 1.82) is 0 Å². The molecule has 0 bridgehead atoms. The highest BCUT2D eigenvalue weighted by Crippen LogP contribution is 2.28. The Kier molecular flexibility index (Phi) is 5.59. The fourth-order valence-electron chi connectivity index (χ4n) is 4.53. The third kappa shape index (κ3) is 4.39. The van der Waals surface area contributed by atoms with E-state index in [2.05, 4.69) is 4.98 Å². The number of aromatic hydroxyl groups is 1. The van der Waals surface area contributed by atoms with Crippen molar-refractivity contribution in [3.05, 3.63) is 77.3 Å². The van der Waals surface area contributed by atoms with E-state index in [1.165, 1.54) is 0 Å². The first-order chi connectivity index (χ1) is 16.7. The van der Waals surface area contributed by atoms with Crippen molar-refractivity contribution < 1.29 is 14.6 Å².